The van der Waals surface area contributed by atoms with Crippen molar-refractivity contribution in [3.8, 4) is 0 Å². The number of hydrogen-bond donors (Lipinski definition) is 1. The van der Waals surface area contributed by atoms with Crippen molar-refractivity contribution >= 4 is 22.9 Å². The Morgan fingerprint density at radius 1 is 1.27 bits per heavy atom. The number of nitrogens with zero attached hydrogens (tertiary/aromatic N) is 1. The molecule has 1 aliphatic heterocycles. The summed E-state index contributed by atoms with van der Waals surface area (Å²) in [4.78, 5) is 1.94. The monoisotopic (exact) mass is 218 g/mol. The van der Waals surface area contributed by atoms with Crippen molar-refractivity contribution in [2.24, 2.45) is 0 Å². The van der Waals surface area contributed by atoms with E-state index in [-0.39, 0.29) is 6.04 Å². The Morgan fingerprint density at radius 3 is 2.60 bits per heavy atom. The smallest absolute Gasteiger partial charge is 0.173 e. The molecule has 0 radical (unpaired) electrons. The van der Waals surface area contributed by atoms with Gasteiger partial charge in [-0.25, -0.2) is 0 Å². The fraction of sp³-hybridized carbons (Fsp3) is 0.250. The SMILES string of the molecule is C[C@H]1NC(=S)N(C)C=C1c1ccccc1. The van der Waals surface area contributed by atoms with Crippen LogP contribution in [0.25, 0.3) is 5.57 Å². The van der Waals surface area contributed by atoms with Crippen LogP contribution >= 0.6 is 12.2 Å². The van der Waals surface area contributed by atoms with Crippen LogP contribution in [-0.2, 0) is 0 Å². The molecule has 0 saturated carbocycles. The fourth-order valence-corrected chi connectivity index (χ4v) is 1.93. The minimum absolute atomic E-state index is 0.274. The summed E-state index contributed by atoms with van der Waals surface area (Å²) >= 11 is 5.18. The van der Waals surface area contributed by atoms with Gasteiger partial charge in [0.1, 0.15) is 0 Å². The summed E-state index contributed by atoms with van der Waals surface area (Å²) in [5.41, 5.74) is 2.51. The van der Waals surface area contributed by atoms with E-state index in [1.807, 2.05) is 18.0 Å². The van der Waals surface area contributed by atoms with E-state index in [2.05, 4.69) is 42.7 Å². The van der Waals surface area contributed by atoms with Crippen LogP contribution < -0.4 is 5.32 Å². The lowest BCUT2D eigenvalue weighted by molar-refractivity contribution is 0.613. The van der Waals surface area contributed by atoms with Crippen molar-refractivity contribution in [3.63, 3.8) is 0 Å². The summed E-state index contributed by atoms with van der Waals surface area (Å²) < 4.78 is 0. The first-order valence-electron chi connectivity index (χ1n) is 4.99. The molecule has 2 rings (SSSR count). The average molecular weight is 218 g/mol. The maximum absolute atomic E-state index is 5.18. The van der Waals surface area contributed by atoms with E-state index in [9.17, 15) is 0 Å². The molecule has 1 aliphatic rings. The highest BCUT2D eigenvalue weighted by atomic mass is 32.1. The highest BCUT2D eigenvalue weighted by Gasteiger charge is 2.19. The normalized spacial score (nSPS) is 20.9. The number of thiocarbonyl (C=S) groups is 1. The summed E-state index contributed by atoms with van der Waals surface area (Å²) in [5, 5.41) is 4.05. The van der Waals surface area contributed by atoms with Crippen molar-refractivity contribution in [1.29, 1.82) is 0 Å². The van der Waals surface area contributed by atoms with Gasteiger partial charge in [0.05, 0.1) is 6.04 Å². The zero-order valence-corrected chi connectivity index (χ0v) is 9.71. The van der Waals surface area contributed by atoms with Gasteiger partial charge in [0.25, 0.3) is 0 Å². The molecule has 1 aromatic rings. The van der Waals surface area contributed by atoms with Crippen molar-refractivity contribution < 1.29 is 0 Å². The quantitative estimate of drug-likeness (QED) is 0.728. The largest absolute Gasteiger partial charge is 0.356 e. The van der Waals surface area contributed by atoms with E-state index in [0.29, 0.717) is 0 Å². The van der Waals surface area contributed by atoms with Gasteiger partial charge in [-0.15, -0.1) is 0 Å². The first-order valence-corrected chi connectivity index (χ1v) is 5.40. The molecule has 15 heavy (non-hydrogen) atoms. The molecule has 2 nitrogen and oxygen atoms in total. The van der Waals surface area contributed by atoms with Crippen LogP contribution in [0.2, 0.25) is 0 Å². The van der Waals surface area contributed by atoms with Crippen LogP contribution in [0.3, 0.4) is 0 Å². The van der Waals surface area contributed by atoms with Crippen LogP contribution in [0.5, 0.6) is 0 Å². The summed E-state index contributed by atoms with van der Waals surface area (Å²) in [6.45, 7) is 2.12. The highest BCUT2D eigenvalue weighted by Crippen LogP contribution is 2.21. The zero-order valence-electron chi connectivity index (χ0n) is 8.90. The second-order valence-electron chi connectivity index (χ2n) is 3.73. The lowest BCUT2D eigenvalue weighted by Crippen LogP contribution is -2.44. The van der Waals surface area contributed by atoms with Gasteiger partial charge in [0, 0.05) is 13.2 Å². The Morgan fingerprint density at radius 2 is 1.93 bits per heavy atom. The molecule has 1 atom stereocenters. The summed E-state index contributed by atoms with van der Waals surface area (Å²) in [5.74, 6) is 0. The maximum atomic E-state index is 5.18. The summed E-state index contributed by atoms with van der Waals surface area (Å²) in [7, 11) is 1.96. The molecule has 0 unspecified atom stereocenters. The highest BCUT2D eigenvalue weighted by molar-refractivity contribution is 7.80. The van der Waals surface area contributed by atoms with Crippen LogP contribution in [0.15, 0.2) is 36.5 Å². The molecule has 0 aliphatic carbocycles. The molecule has 0 amide bonds. The molecule has 1 aromatic carbocycles. The van der Waals surface area contributed by atoms with Crippen molar-refractivity contribution in [2.45, 2.75) is 13.0 Å². The van der Waals surface area contributed by atoms with Crippen molar-refractivity contribution in [2.75, 3.05) is 7.05 Å². The summed E-state index contributed by atoms with van der Waals surface area (Å²) in [6, 6.07) is 10.6. The van der Waals surface area contributed by atoms with Gasteiger partial charge in [-0.1, -0.05) is 30.3 Å². The molecule has 3 heteroatoms. The number of benzene rings is 1. The molecule has 1 N–H and O–H groups in total. The van der Waals surface area contributed by atoms with E-state index in [4.69, 9.17) is 12.2 Å². The van der Waals surface area contributed by atoms with E-state index in [1.54, 1.807) is 0 Å². The Balaban J connectivity index is 2.37. The molecule has 0 spiro atoms. The minimum Gasteiger partial charge on any atom is -0.356 e. The summed E-state index contributed by atoms with van der Waals surface area (Å²) in [6.07, 6.45) is 2.10. The third kappa shape index (κ3) is 2.02. The van der Waals surface area contributed by atoms with Gasteiger partial charge in [0.2, 0.25) is 0 Å². The van der Waals surface area contributed by atoms with Crippen molar-refractivity contribution in [1.82, 2.24) is 10.2 Å². The van der Waals surface area contributed by atoms with Crippen LogP contribution in [0.4, 0.5) is 0 Å². The van der Waals surface area contributed by atoms with Crippen molar-refractivity contribution in [3.05, 3.63) is 42.1 Å². The second-order valence-corrected chi connectivity index (χ2v) is 4.12. The predicted octanol–water partition coefficient (Wildman–Crippen LogP) is 2.24. The van der Waals surface area contributed by atoms with E-state index in [0.717, 1.165) is 5.11 Å². The fourth-order valence-electron chi connectivity index (χ4n) is 1.70. The molecular weight excluding hydrogens is 204 g/mol. The Labute approximate surface area is 95.6 Å². The Hall–Kier alpha value is -1.35. The molecule has 78 valence electrons. The third-order valence-electron chi connectivity index (χ3n) is 2.57. The molecule has 0 aromatic heterocycles. The number of nitrogens with one attached hydrogen (secondary N) is 1. The molecule has 1 heterocycles. The van der Waals surface area contributed by atoms with Gasteiger partial charge >= 0.3 is 0 Å². The lowest BCUT2D eigenvalue weighted by Gasteiger charge is -2.30. The lowest BCUT2D eigenvalue weighted by atomic mass is 9.99. The standard InChI is InChI=1S/C12H14N2S/c1-9-11(8-14(2)12(15)13-9)10-6-4-3-5-7-10/h3-9H,1-2H3,(H,13,15)/t9-/m1/s1. The van der Waals surface area contributed by atoms with Crippen LogP contribution in [0.1, 0.15) is 12.5 Å². The van der Waals surface area contributed by atoms with E-state index >= 15 is 0 Å². The van der Waals surface area contributed by atoms with Crippen LogP contribution in [0, 0.1) is 0 Å². The second kappa shape index (κ2) is 4.03. The maximum Gasteiger partial charge on any atom is 0.173 e. The topological polar surface area (TPSA) is 15.3 Å². The van der Waals surface area contributed by atoms with Gasteiger partial charge in [0.15, 0.2) is 5.11 Å². The average Bonchev–Trinajstić information content (AvgIpc) is 2.25. The van der Waals surface area contributed by atoms with Gasteiger partial charge in [-0.05, 0) is 30.3 Å². The number of hydrogen-bond acceptors (Lipinski definition) is 1. The van der Waals surface area contributed by atoms with Gasteiger partial charge < -0.3 is 10.2 Å². The van der Waals surface area contributed by atoms with Gasteiger partial charge in [-0.2, -0.15) is 0 Å². The predicted molar refractivity (Wildman–Crippen MR) is 67.4 cm³/mol. The van der Waals surface area contributed by atoms with E-state index < -0.39 is 0 Å². The molecule has 0 fully saturated rings. The molecule has 0 saturated heterocycles. The Kier molecular flexibility index (Phi) is 2.73. The first-order chi connectivity index (χ1) is 7.18. The number of rotatable bonds is 1. The minimum atomic E-state index is 0.274. The Bertz CT molecular complexity index is 397. The first kappa shape index (κ1) is 10.2. The zero-order chi connectivity index (χ0) is 10.8. The van der Waals surface area contributed by atoms with E-state index in [1.165, 1.54) is 11.1 Å². The van der Waals surface area contributed by atoms with Gasteiger partial charge in [-0.3, -0.25) is 0 Å². The molecule has 0 bridgehead atoms. The molecular formula is C12H14N2S. The third-order valence-corrected chi connectivity index (χ3v) is 2.97. The van der Waals surface area contributed by atoms with Crippen LogP contribution in [-0.4, -0.2) is 23.1 Å².